The van der Waals surface area contributed by atoms with Gasteiger partial charge in [0.15, 0.2) is 5.60 Å². The fourth-order valence-electron chi connectivity index (χ4n) is 4.34. The first-order valence-corrected chi connectivity index (χ1v) is 12.3. The molecule has 0 bridgehead atoms. The fraction of sp³-hybridized carbons (Fsp3) is 0.375. The summed E-state index contributed by atoms with van der Waals surface area (Å²) in [5.41, 5.74) is 2.36. The summed E-state index contributed by atoms with van der Waals surface area (Å²) < 4.78 is 48.0. The van der Waals surface area contributed by atoms with E-state index >= 15 is 0 Å². The van der Waals surface area contributed by atoms with Crippen LogP contribution in [0.4, 0.5) is 18.9 Å². The van der Waals surface area contributed by atoms with Gasteiger partial charge in [0.25, 0.3) is 11.5 Å². The van der Waals surface area contributed by atoms with E-state index in [-0.39, 0.29) is 26.3 Å². The number of hydrogen-bond donors (Lipinski definition) is 1. The Balaban J connectivity index is 1.26. The third-order valence-electron chi connectivity index (χ3n) is 6.87. The zero-order chi connectivity index (χ0) is 26.8. The predicted molar refractivity (Wildman–Crippen MR) is 131 cm³/mol. The van der Waals surface area contributed by atoms with Gasteiger partial charge in [-0.15, -0.1) is 0 Å². The summed E-state index contributed by atoms with van der Waals surface area (Å²) in [6, 6.07) is 8.84. The van der Waals surface area contributed by atoms with Gasteiger partial charge < -0.3 is 20.2 Å². The Labute approximate surface area is 224 Å². The molecule has 13 heteroatoms. The number of anilines is 1. The van der Waals surface area contributed by atoms with E-state index in [1.165, 1.54) is 0 Å². The molecule has 2 aromatic rings. The summed E-state index contributed by atoms with van der Waals surface area (Å²) in [5.74, 6) is -1.50. The number of nitrogens with zero attached hydrogens (tertiary/aromatic N) is 2. The number of rotatable bonds is 6. The Hall–Kier alpha value is -2.69. The Morgan fingerprint density at radius 1 is 1.08 bits per heavy atom. The van der Waals surface area contributed by atoms with E-state index in [0.717, 1.165) is 17.8 Å². The molecule has 37 heavy (non-hydrogen) atoms. The van der Waals surface area contributed by atoms with Crippen molar-refractivity contribution in [1.82, 2.24) is 0 Å². The number of ether oxygens (including phenoxy) is 1. The largest absolute Gasteiger partial charge is 0.449 e. The monoisotopic (exact) mass is 575 g/mol. The molecule has 1 amide bonds. The van der Waals surface area contributed by atoms with E-state index in [0.29, 0.717) is 31.5 Å². The van der Waals surface area contributed by atoms with Crippen molar-refractivity contribution in [2.24, 2.45) is 16.8 Å². The summed E-state index contributed by atoms with van der Waals surface area (Å²) in [6.07, 6.45) is -4.54. The molecule has 1 unspecified atom stereocenters. The number of halogens is 6. The number of nitrogens with two attached hydrogens (primary N) is 1. The third kappa shape index (κ3) is 4.49. The van der Waals surface area contributed by atoms with E-state index in [4.69, 9.17) is 50.1 Å². The van der Waals surface area contributed by atoms with Gasteiger partial charge >= 0.3 is 12.1 Å². The highest BCUT2D eigenvalue weighted by atomic mass is 35.5. The molecular formula is C24H19Cl3F3N3O4. The van der Waals surface area contributed by atoms with E-state index in [9.17, 15) is 22.8 Å². The number of carbonyl (C=O) groups excluding carboxylic acids is 2. The summed E-state index contributed by atoms with van der Waals surface area (Å²) in [7, 11) is 0. The first-order valence-electron chi connectivity index (χ1n) is 11.2. The van der Waals surface area contributed by atoms with Crippen LogP contribution >= 0.6 is 34.8 Å². The third-order valence-corrected chi connectivity index (χ3v) is 8.06. The molecule has 0 aromatic heterocycles. The van der Waals surface area contributed by atoms with Crippen LogP contribution in [-0.4, -0.2) is 42.5 Å². The topological polar surface area (TPSA) is 94.2 Å². The lowest BCUT2D eigenvalue weighted by Crippen LogP contribution is -2.52. The van der Waals surface area contributed by atoms with Crippen LogP contribution in [0.2, 0.25) is 15.1 Å². The van der Waals surface area contributed by atoms with Gasteiger partial charge in [-0.2, -0.15) is 13.2 Å². The van der Waals surface area contributed by atoms with Crippen LogP contribution in [0, 0.1) is 5.92 Å². The van der Waals surface area contributed by atoms with Crippen molar-refractivity contribution >= 4 is 58.1 Å². The van der Waals surface area contributed by atoms with Crippen molar-refractivity contribution in [3.8, 4) is 0 Å². The number of carbonyl (C=O) groups is 2. The maximum atomic E-state index is 14.2. The van der Waals surface area contributed by atoms with Crippen LogP contribution in [0.3, 0.4) is 0 Å². The maximum absolute atomic E-state index is 14.2. The lowest BCUT2D eigenvalue weighted by atomic mass is 9.86. The smallest absolute Gasteiger partial charge is 0.435 e. The summed E-state index contributed by atoms with van der Waals surface area (Å²) in [4.78, 5) is 30.7. The molecule has 2 fully saturated rings. The minimum atomic E-state index is -4.83. The molecule has 5 rings (SSSR count). The molecule has 0 radical (unpaired) electrons. The summed E-state index contributed by atoms with van der Waals surface area (Å²) >= 11 is 17.9. The predicted octanol–water partition coefficient (Wildman–Crippen LogP) is 5.23. The van der Waals surface area contributed by atoms with Gasteiger partial charge in [-0.25, -0.2) is 0 Å². The van der Waals surface area contributed by atoms with Gasteiger partial charge in [0.1, 0.15) is 0 Å². The van der Waals surface area contributed by atoms with Gasteiger partial charge in [-0.3, -0.25) is 9.59 Å². The SMILES string of the molecule is NC(=O)C1(OC(=O)C2CN(c3ccc(C4=NOC(c5cc(Cl)c(Cl)c(Cl)c5)(C(F)(F)F)C4)cc3)C2)CC1. The average Bonchev–Trinajstić information content (AvgIpc) is 3.43. The van der Waals surface area contributed by atoms with Gasteiger partial charge in [0, 0.05) is 43.6 Å². The molecule has 1 atom stereocenters. The van der Waals surface area contributed by atoms with E-state index in [1.807, 2.05) is 4.90 Å². The van der Waals surface area contributed by atoms with Crippen LogP contribution in [0.5, 0.6) is 0 Å². The Morgan fingerprint density at radius 2 is 1.68 bits per heavy atom. The average molecular weight is 577 g/mol. The Bertz CT molecular complexity index is 1290. The minimum absolute atomic E-state index is 0.0551. The molecule has 1 saturated heterocycles. The molecule has 2 aliphatic heterocycles. The van der Waals surface area contributed by atoms with Crippen molar-refractivity contribution in [2.45, 2.75) is 36.6 Å². The first kappa shape index (κ1) is 25.9. The summed E-state index contributed by atoms with van der Waals surface area (Å²) in [6.45, 7) is 0.763. The molecule has 2 N–H and O–H groups in total. The number of primary amides is 1. The molecule has 0 spiro atoms. The zero-order valence-electron chi connectivity index (χ0n) is 18.9. The van der Waals surface area contributed by atoms with Crippen LogP contribution in [0.1, 0.15) is 30.4 Å². The normalized spacial score (nSPS) is 22.6. The number of esters is 1. The lowest BCUT2D eigenvalue weighted by Gasteiger charge is -2.40. The first-order chi connectivity index (χ1) is 17.3. The van der Waals surface area contributed by atoms with E-state index in [1.54, 1.807) is 24.3 Å². The molecule has 3 aliphatic rings. The molecule has 2 heterocycles. The van der Waals surface area contributed by atoms with Gasteiger partial charge in [-0.1, -0.05) is 52.1 Å². The van der Waals surface area contributed by atoms with Crippen molar-refractivity contribution in [3.05, 3.63) is 62.6 Å². The molecule has 1 aliphatic carbocycles. The van der Waals surface area contributed by atoms with Gasteiger partial charge in [-0.05, 0) is 29.8 Å². The Morgan fingerprint density at radius 3 is 2.19 bits per heavy atom. The number of hydrogen-bond acceptors (Lipinski definition) is 6. The van der Waals surface area contributed by atoms with Crippen molar-refractivity contribution in [3.63, 3.8) is 0 Å². The van der Waals surface area contributed by atoms with Crippen LogP contribution in [-0.2, 0) is 24.8 Å². The number of oxime groups is 1. The molecule has 196 valence electrons. The molecule has 2 aromatic carbocycles. The van der Waals surface area contributed by atoms with Gasteiger partial charge in [0.05, 0.1) is 26.7 Å². The minimum Gasteiger partial charge on any atom is -0.449 e. The van der Waals surface area contributed by atoms with Crippen molar-refractivity contribution in [1.29, 1.82) is 0 Å². The number of benzene rings is 2. The van der Waals surface area contributed by atoms with E-state index < -0.39 is 41.6 Å². The van der Waals surface area contributed by atoms with Gasteiger partial charge in [0.2, 0.25) is 0 Å². The second-order valence-corrected chi connectivity index (χ2v) is 10.5. The van der Waals surface area contributed by atoms with Crippen LogP contribution in [0.25, 0.3) is 0 Å². The number of alkyl halides is 3. The number of amides is 1. The standard InChI is InChI=1S/C24H19Cl3F3N3O4/c25-16-7-14(8-17(26)19(16)27)23(24(28,29)30)9-18(32-37-23)12-1-3-15(4-2-12)33-10-13(11-33)20(34)36-22(5-6-22)21(31)35/h1-4,7-8,13H,5-6,9-11H2,(H2,31,35). The highest BCUT2D eigenvalue weighted by molar-refractivity contribution is 6.48. The van der Waals surface area contributed by atoms with E-state index in [2.05, 4.69) is 5.16 Å². The molecule has 7 nitrogen and oxygen atoms in total. The molecule has 1 saturated carbocycles. The molecular weight excluding hydrogens is 558 g/mol. The highest BCUT2D eigenvalue weighted by Crippen LogP contribution is 2.50. The van der Waals surface area contributed by atoms with Crippen LogP contribution in [0.15, 0.2) is 41.6 Å². The highest BCUT2D eigenvalue weighted by Gasteiger charge is 2.62. The Kier molecular flexibility index (Phi) is 6.28. The lowest BCUT2D eigenvalue weighted by molar-refractivity contribution is -0.275. The van der Waals surface area contributed by atoms with Crippen molar-refractivity contribution in [2.75, 3.05) is 18.0 Å². The quantitative estimate of drug-likeness (QED) is 0.376. The van der Waals surface area contributed by atoms with Crippen molar-refractivity contribution < 1.29 is 32.3 Å². The van der Waals surface area contributed by atoms with Crippen LogP contribution < -0.4 is 10.6 Å². The summed E-state index contributed by atoms with van der Waals surface area (Å²) in [5, 5.41) is 3.43. The fourth-order valence-corrected chi connectivity index (χ4v) is 4.93. The maximum Gasteiger partial charge on any atom is 0.435 e. The second-order valence-electron chi connectivity index (χ2n) is 9.31. The zero-order valence-corrected chi connectivity index (χ0v) is 21.2. The second kappa shape index (κ2) is 8.96.